The maximum absolute atomic E-state index is 13.2. The fourth-order valence-corrected chi connectivity index (χ4v) is 5.07. The maximum Gasteiger partial charge on any atom is 0.416 e. The molecule has 8 nitrogen and oxygen atoms in total. The van der Waals surface area contributed by atoms with Crippen molar-refractivity contribution in [2.24, 2.45) is 17.8 Å². The van der Waals surface area contributed by atoms with Crippen LogP contribution in [0.2, 0.25) is 0 Å². The van der Waals surface area contributed by atoms with Crippen LogP contribution >= 0.6 is 0 Å². The summed E-state index contributed by atoms with van der Waals surface area (Å²) in [6, 6.07) is 3.68. The predicted molar refractivity (Wildman–Crippen MR) is 112 cm³/mol. The molecule has 1 aliphatic heterocycles. The van der Waals surface area contributed by atoms with E-state index >= 15 is 0 Å². The lowest BCUT2D eigenvalue weighted by atomic mass is 9.82. The van der Waals surface area contributed by atoms with Gasteiger partial charge in [0, 0.05) is 26.4 Å². The van der Waals surface area contributed by atoms with E-state index in [1.807, 2.05) is 4.90 Å². The average Bonchev–Trinajstić information content (AvgIpc) is 3.43. The molecule has 2 aromatic heterocycles. The number of benzene rings is 1. The molecule has 1 aromatic carbocycles. The Morgan fingerprint density at radius 2 is 1.67 bits per heavy atom. The van der Waals surface area contributed by atoms with Crippen LogP contribution in [0.3, 0.4) is 0 Å². The van der Waals surface area contributed by atoms with E-state index < -0.39 is 30.5 Å². The third-order valence-corrected chi connectivity index (χ3v) is 6.63. The highest BCUT2D eigenvalue weighted by atomic mass is 19.4. The SMILES string of the molecule is Cc1nnc(N2CC3CCC(C2)C3Cc2nc(Oc3ccc(C(F)(F)F)cc3)n(CC(F)(F)F)n2)o1. The molecule has 3 aromatic rings. The van der Waals surface area contributed by atoms with Gasteiger partial charge in [0.1, 0.15) is 12.3 Å². The van der Waals surface area contributed by atoms with E-state index in [0.717, 1.165) is 37.1 Å². The number of ether oxygens (including phenoxy) is 1. The van der Waals surface area contributed by atoms with Gasteiger partial charge in [-0.05, 0) is 54.9 Å². The Morgan fingerprint density at radius 3 is 2.22 bits per heavy atom. The molecule has 0 N–H and O–H groups in total. The molecule has 5 rings (SSSR count). The lowest BCUT2D eigenvalue weighted by Gasteiger charge is -2.36. The first-order chi connectivity index (χ1) is 16.9. The van der Waals surface area contributed by atoms with Gasteiger partial charge in [-0.25, -0.2) is 4.68 Å². The van der Waals surface area contributed by atoms with Crippen molar-refractivity contribution in [1.82, 2.24) is 25.0 Å². The van der Waals surface area contributed by atoms with E-state index in [1.165, 1.54) is 0 Å². The van der Waals surface area contributed by atoms with Crippen LogP contribution in [0, 0.1) is 24.7 Å². The molecule has 1 saturated carbocycles. The fourth-order valence-electron chi connectivity index (χ4n) is 5.07. The van der Waals surface area contributed by atoms with Gasteiger partial charge in [0.15, 0.2) is 5.82 Å². The highest BCUT2D eigenvalue weighted by Gasteiger charge is 2.44. The highest BCUT2D eigenvalue weighted by molar-refractivity contribution is 5.31. The summed E-state index contributed by atoms with van der Waals surface area (Å²) in [4.78, 5) is 6.22. The van der Waals surface area contributed by atoms with E-state index in [-0.39, 0.29) is 29.3 Å². The molecule has 1 saturated heterocycles. The van der Waals surface area contributed by atoms with Gasteiger partial charge in [-0.15, -0.1) is 5.10 Å². The number of hydrogen-bond donors (Lipinski definition) is 0. The van der Waals surface area contributed by atoms with Gasteiger partial charge in [-0.2, -0.15) is 36.4 Å². The van der Waals surface area contributed by atoms with E-state index in [2.05, 4.69) is 20.3 Å². The number of nitrogens with zero attached hydrogens (tertiary/aromatic N) is 6. The minimum Gasteiger partial charge on any atom is -0.424 e. The number of alkyl halides is 6. The van der Waals surface area contributed by atoms with Crippen LogP contribution < -0.4 is 9.64 Å². The van der Waals surface area contributed by atoms with Crippen LogP contribution in [-0.4, -0.2) is 44.2 Å². The van der Waals surface area contributed by atoms with Crippen molar-refractivity contribution in [2.75, 3.05) is 18.0 Å². The van der Waals surface area contributed by atoms with Gasteiger partial charge in [0.25, 0.3) is 0 Å². The number of rotatable bonds is 6. The van der Waals surface area contributed by atoms with Gasteiger partial charge >= 0.3 is 24.4 Å². The molecular formula is C22H22F6N6O2. The Balaban J connectivity index is 1.33. The Hall–Kier alpha value is -3.32. The summed E-state index contributed by atoms with van der Waals surface area (Å²) < 4.78 is 89.5. The number of aromatic nitrogens is 5. The van der Waals surface area contributed by atoms with Crippen LogP contribution in [0.5, 0.6) is 11.8 Å². The van der Waals surface area contributed by atoms with Crippen molar-refractivity contribution in [3.05, 3.63) is 41.5 Å². The fraction of sp³-hybridized carbons (Fsp3) is 0.545. The third kappa shape index (κ3) is 5.26. The van der Waals surface area contributed by atoms with Crippen molar-refractivity contribution >= 4 is 6.01 Å². The summed E-state index contributed by atoms with van der Waals surface area (Å²) in [5, 5.41) is 12.0. The molecule has 2 aliphatic rings. The van der Waals surface area contributed by atoms with E-state index in [1.54, 1.807) is 6.92 Å². The zero-order valence-corrected chi connectivity index (χ0v) is 19.1. The largest absolute Gasteiger partial charge is 0.424 e. The average molecular weight is 516 g/mol. The molecule has 2 atom stereocenters. The Kier molecular flexibility index (Phi) is 6.07. The Bertz CT molecular complexity index is 1190. The predicted octanol–water partition coefficient (Wildman–Crippen LogP) is 5.05. The van der Waals surface area contributed by atoms with E-state index in [9.17, 15) is 26.3 Å². The molecule has 2 bridgehead atoms. The van der Waals surface area contributed by atoms with Gasteiger partial charge in [0.2, 0.25) is 5.89 Å². The van der Waals surface area contributed by atoms with Crippen LogP contribution in [0.4, 0.5) is 32.4 Å². The molecule has 36 heavy (non-hydrogen) atoms. The molecule has 0 radical (unpaired) electrons. The Labute approximate surface area is 201 Å². The minimum atomic E-state index is -4.59. The summed E-state index contributed by atoms with van der Waals surface area (Å²) in [5.74, 6) is 1.26. The summed E-state index contributed by atoms with van der Waals surface area (Å²) in [6.45, 7) is 1.64. The normalized spacial score (nSPS) is 22.3. The zero-order chi connectivity index (χ0) is 25.7. The van der Waals surface area contributed by atoms with Crippen LogP contribution in [-0.2, 0) is 19.1 Å². The van der Waals surface area contributed by atoms with Gasteiger partial charge in [-0.3, -0.25) is 0 Å². The second-order valence-corrected chi connectivity index (χ2v) is 9.18. The van der Waals surface area contributed by atoms with E-state index in [4.69, 9.17) is 9.15 Å². The highest BCUT2D eigenvalue weighted by Crippen LogP contribution is 2.44. The Morgan fingerprint density at radius 1 is 1.00 bits per heavy atom. The monoisotopic (exact) mass is 516 g/mol. The number of halogens is 6. The van der Waals surface area contributed by atoms with Crippen LogP contribution in [0.25, 0.3) is 0 Å². The van der Waals surface area contributed by atoms with Crippen LogP contribution in [0.15, 0.2) is 28.7 Å². The molecule has 3 heterocycles. The van der Waals surface area contributed by atoms with Crippen molar-refractivity contribution < 1.29 is 35.5 Å². The van der Waals surface area contributed by atoms with Crippen molar-refractivity contribution in [3.8, 4) is 11.8 Å². The third-order valence-electron chi connectivity index (χ3n) is 6.63. The summed E-state index contributed by atoms with van der Waals surface area (Å²) in [5.41, 5.74) is -0.898. The molecular weight excluding hydrogens is 494 g/mol. The molecule has 1 aliphatic carbocycles. The minimum absolute atomic E-state index is 0.0754. The number of piperidine rings is 1. The van der Waals surface area contributed by atoms with Gasteiger partial charge in [-0.1, -0.05) is 5.10 Å². The summed E-state index contributed by atoms with van der Waals surface area (Å²) in [6.07, 6.45) is -6.86. The number of aryl methyl sites for hydroxylation is 1. The summed E-state index contributed by atoms with van der Waals surface area (Å²) >= 11 is 0. The number of anilines is 1. The van der Waals surface area contributed by atoms with Crippen molar-refractivity contribution in [3.63, 3.8) is 0 Å². The molecule has 0 amide bonds. The first kappa shape index (κ1) is 24.4. The second-order valence-electron chi connectivity index (χ2n) is 9.18. The maximum atomic E-state index is 13.2. The zero-order valence-electron chi connectivity index (χ0n) is 19.1. The standard InChI is InChI=1S/C22H22F6N6O2/c1-12-30-31-20(35-12)33-9-13-2-3-14(10-33)17(13)8-18-29-19(34(32-18)11-21(23,24)25)36-16-6-4-15(5-7-16)22(26,27)28/h4-7,13-14,17H,2-3,8-11H2,1H3. The molecule has 0 spiro atoms. The second kappa shape index (κ2) is 8.96. The lowest BCUT2D eigenvalue weighted by Crippen LogP contribution is -2.43. The first-order valence-electron chi connectivity index (χ1n) is 11.4. The van der Waals surface area contributed by atoms with Gasteiger partial charge < -0.3 is 14.1 Å². The van der Waals surface area contributed by atoms with E-state index in [0.29, 0.717) is 36.1 Å². The number of hydrogen-bond acceptors (Lipinski definition) is 7. The smallest absolute Gasteiger partial charge is 0.416 e. The topological polar surface area (TPSA) is 82.1 Å². The van der Waals surface area contributed by atoms with Crippen molar-refractivity contribution in [1.29, 1.82) is 0 Å². The molecule has 2 unspecified atom stereocenters. The first-order valence-corrected chi connectivity index (χ1v) is 11.4. The quantitative estimate of drug-likeness (QED) is 0.424. The number of fused-ring (bicyclic) bond motifs is 2. The molecule has 14 heteroatoms. The van der Waals surface area contributed by atoms with Crippen LogP contribution in [0.1, 0.15) is 30.1 Å². The molecule has 194 valence electrons. The lowest BCUT2D eigenvalue weighted by molar-refractivity contribution is -0.143. The summed E-state index contributed by atoms with van der Waals surface area (Å²) in [7, 11) is 0. The van der Waals surface area contributed by atoms with Crippen molar-refractivity contribution in [2.45, 2.75) is 45.1 Å². The molecule has 2 fully saturated rings. The van der Waals surface area contributed by atoms with Gasteiger partial charge in [0.05, 0.1) is 5.56 Å².